The van der Waals surface area contributed by atoms with Crippen LogP contribution in [0.15, 0.2) is 41.3 Å². The first-order valence-electron chi connectivity index (χ1n) is 13.6. The summed E-state index contributed by atoms with van der Waals surface area (Å²) < 4.78 is 32.0. The molecule has 1 amide bonds. The van der Waals surface area contributed by atoms with Crippen molar-refractivity contribution in [1.29, 1.82) is 0 Å². The molecule has 0 bridgehead atoms. The first-order chi connectivity index (χ1) is 19.5. The van der Waals surface area contributed by atoms with Gasteiger partial charge in [0.25, 0.3) is 0 Å². The molecule has 11 heteroatoms. The normalized spacial score (nSPS) is 15.7. The van der Waals surface area contributed by atoms with Crippen LogP contribution >= 0.6 is 0 Å². The van der Waals surface area contributed by atoms with E-state index in [9.17, 15) is 19.1 Å². The van der Waals surface area contributed by atoms with Crippen LogP contribution in [0.4, 0.5) is 14.6 Å². The van der Waals surface area contributed by atoms with E-state index >= 15 is 4.39 Å². The molecule has 4 aromatic rings. The lowest BCUT2D eigenvalue weighted by Gasteiger charge is -2.40. The number of carbonyl (C=O) groups excluding carboxylic acids is 1. The summed E-state index contributed by atoms with van der Waals surface area (Å²) in [6, 6.07) is 6.37. The fourth-order valence-corrected chi connectivity index (χ4v) is 5.46. The van der Waals surface area contributed by atoms with Crippen LogP contribution in [0, 0.1) is 18.6 Å². The Morgan fingerprint density at radius 3 is 2.56 bits per heavy atom. The largest absolute Gasteiger partial charge is 0.507 e. The molecule has 1 atom stereocenters. The number of carbonyl (C=O) groups is 1. The Labute approximate surface area is 236 Å². The van der Waals surface area contributed by atoms with Crippen molar-refractivity contribution in [1.82, 2.24) is 24.4 Å². The van der Waals surface area contributed by atoms with E-state index in [0.717, 1.165) is 11.6 Å². The number of aromatic nitrogens is 4. The number of hydrogen-bond acceptors (Lipinski definition) is 7. The standard InChI is InChI=1S/C30H32F2N6O3/c1-6-23(40)36-12-13-37(18(5)15-36)28-19-14-21(32)26(24-20(31)8-7-9-22(24)39)34-29(19)38(30(41)35-28)27-17(4)10-11-33-25(27)16(2)3/h7-11,14,16,18,39H,6,12-13,15H2,1-5H3/t18-/m0/s1. The number of rotatable bonds is 5. The fraction of sp³-hybridized carbons (Fsp3) is 0.367. The van der Waals surface area contributed by atoms with Gasteiger partial charge in [-0.3, -0.25) is 9.78 Å². The molecule has 1 N–H and O–H groups in total. The molecule has 3 aromatic heterocycles. The third kappa shape index (κ3) is 4.89. The molecule has 0 aliphatic carbocycles. The lowest BCUT2D eigenvalue weighted by atomic mass is 10.0. The fourth-order valence-electron chi connectivity index (χ4n) is 5.46. The van der Waals surface area contributed by atoms with Gasteiger partial charge in [0.15, 0.2) is 11.5 Å². The number of amides is 1. The van der Waals surface area contributed by atoms with Gasteiger partial charge in [-0.25, -0.2) is 23.1 Å². The molecular formula is C30H32F2N6O3. The average molecular weight is 563 g/mol. The zero-order valence-corrected chi connectivity index (χ0v) is 23.7. The second-order valence-corrected chi connectivity index (χ2v) is 10.6. The number of halogens is 2. The van der Waals surface area contributed by atoms with Crippen molar-refractivity contribution in [3.8, 4) is 22.7 Å². The van der Waals surface area contributed by atoms with Crippen LogP contribution in [0.2, 0.25) is 0 Å². The van der Waals surface area contributed by atoms with E-state index in [-0.39, 0.29) is 34.7 Å². The monoisotopic (exact) mass is 562 g/mol. The van der Waals surface area contributed by atoms with Crippen LogP contribution < -0.4 is 10.6 Å². The van der Waals surface area contributed by atoms with Crippen molar-refractivity contribution >= 4 is 22.8 Å². The maximum atomic E-state index is 15.8. The highest BCUT2D eigenvalue weighted by atomic mass is 19.1. The molecule has 41 heavy (non-hydrogen) atoms. The van der Waals surface area contributed by atoms with Gasteiger partial charge in [-0.2, -0.15) is 4.98 Å². The van der Waals surface area contributed by atoms with E-state index in [4.69, 9.17) is 0 Å². The van der Waals surface area contributed by atoms with E-state index in [0.29, 0.717) is 37.4 Å². The Bertz CT molecular complexity index is 1700. The van der Waals surface area contributed by atoms with E-state index in [1.54, 1.807) is 24.1 Å². The van der Waals surface area contributed by atoms with E-state index < -0.39 is 34.3 Å². The SMILES string of the molecule is CCC(=O)N1CCN(c2nc(=O)n(-c3c(C)ccnc3C(C)C)c3nc(-c4c(O)cccc4F)c(F)cc23)[C@@H](C)C1. The summed E-state index contributed by atoms with van der Waals surface area (Å²) in [5, 5.41) is 10.7. The summed E-state index contributed by atoms with van der Waals surface area (Å²) in [4.78, 5) is 43.3. The van der Waals surface area contributed by atoms with Crippen molar-refractivity contribution in [2.45, 2.75) is 53.0 Å². The number of hydrogen-bond donors (Lipinski definition) is 1. The summed E-state index contributed by atoms with van der Waals surface area (Å²) in [6.45, 7) is 10.6. The van der Waals surface area contributed by atoms with Crippen molar-refractivity contribution in [3.63, 3.8) is 0 Å². The van der Waals surface area contributed by atoms with Gasteiger partial charge in [-0.1, -0.05) is 26.8 Å². The quantitative estimate of drug-likeness (QED) is 0.376. The maximum absolute atomic E-state index is 15.8. The molecule has 4 heterocycles. The highest BCUT2D eigenvalue weighted by molar-refractivity contribution is 5.91. The molecule has 214 valence electrons. The van der Waals surface area contributed by atoms with Crippen LogP contribution in [0.3, 0.4) is 0 Å². The van der Waals surface area contributed by atoms with Gasteiger partial charge in [-0.15, -0.1) is 0 Å². The first-order valence-corrected chi connectivity index (χ1v) is 13.6. The molecule has 0 unspecified atom stereocenters. The number of phenols is 1. The minimum absolute atomic E-state index is 0.0278. The van der Waals surface area contributed by atoms with Gasteiger partial charge in [-0.05, 0) is 49.6 Å². The number of aryl methyl sites for hydroxylation is 1. The maximum Gasteiger partial charge on any atom is 0.355 e. The molecule has 1 aliphatic heterocycles. The van der Waals surface area contributed by atoms with Crippen molar-refractivity contribution in [2.75, 3.05) is 24.5 Å². The average Bonchev–Trinajstić information content (AvgIpc) is 2.93. The zero-order chi connectivity index (χ0) is 29.6. The number of piperazine rings is 1. The highest BCUT2D eigenvalue weighted by Crippen LogP contribution is 2.36. The predicted molar refractivity (Wildman–Crippen MR) is 152 cm³/mol. The lowest BCUT2D eigenvalue weighted by Crippen LogP contribution is -2.54. The number of phenolic OH excluding ortho intramolecular Hbond substituents is 1. The molecule has 0 saturated carbocycles. The van der Waals surface area contributed by atoms with Gasteiger partial charge in [0.05, 0.1) is 22.3 Å². The van der Waals surface area contributed by atoms with Gasteiger partial charge in [0.2, 0.25) is 5.91 Å². The second kappa shape index (κ2) is 10.9. The van der Waals surface area contributed by atoms with Crippen molar-refractivity contribution in [3.05, 3.63) is 69.9 Å². The lowest BCUT2D eigenvalue weighted by molar-refractivity contribution is -0.131. The van der Waals surface area contributed by atoms with Crippen molar-refractivity contribution in [2.24, 2.45) is 0 Å². The molecular weight excluding hydrogens is 530 g/mol. The number of nitrogens with zero attached hydrogens (tertiary/aromatic N) is 6. The van der Waals surface area contributed by atoms with Gasteiger partial charge < -0.3 is 14.9 Å². The highest BCUT2D eigenvalue weighted by Gasteiger charge is 2.31. The van der Waals surface area contributed by atoms with Gasteiger partial charge in [0, 0.05) is 38.3 Å². The Balaban J connectivity index is 1.83. The summed E-state index contributed by atoms with van der Waals surface area (Å²) in [6.07, 6.45) is 2.03. The van der Waals surface area contributed by atoms with Crippen molar-refractivity contribution < 1.29 is 18.7 Å². The number of pyridine rings is 2. The Morgan fingerprint density at radius 2 is 1.90 bits per heavy atom. The van der Waals surface area contributed by atoms with Gasteiger partial charge >= 0.3 is 5.69 Å². The Morgan fingerprint density at radius 1 is 1.15 bits per heavy atom. The van der Waals surface area contributed by atoms with Crippen LogP contribution in [-0.2, 0) is 4.79 Å². The second-order valence-electron chi connectivity index (χ2n) is 10.6. The smallest absolute Gasteiger partial charge is 0.355 e. The van der Waals surface area contributed by atoms with E-state index in [2.05, 4.69) is 15.0 Å². The minimum atomic E-state index is -0.884. The first kappa shape index (κ1) is 28.1. The summed E-state index contributed by atoms with van der Waals surface area (Å²) in [5.74, 6) is -2.05. The van der Waals surface area contributed by atoms with E-state index in [1.807, 2.05) is 32.6 Å². The molecule has 1 fully saturated rings. The number of aromatic hydroxyl groups is 1. The number of fused-ring (bicyclic) bond motifs is 1. The third-order valence-corrected chi connectivity index (χ3v) is 7.51. The van der Waals surface area contributed by atoms with Crippen LogP contribution in [0.5, 0.6) is 5.75 Å². The van der Waals surface area contributed by atoms with Crippen LogP contribution in [0.25, 0.3) is 28.0 Å². The van der Waals surface area contributed by atoms with Crippen LogP contribution in [0.1, 0.15) is 51.3 Å². The predicted octanol–water partition coefficient (Wildman–Crippen LogP) is 4.71. The molecule has 0 spiro atoms. The summed E-state index contributed by atoms with van der Waals surface area (Å²) in [7, 11) is 0. The molecule has 5 rings (SSSR count). The minimum Gasteiger partial charge on any atom is -0.507 e. The molecule has 9 nitrogen and oxygen atoms in total. The zero-order valence-electron chi connectivity index (χ0n) is 23.7. The third-order valence-electron chi connectivity index (χ3n) is 7.51. The topological polar surface area (TPSA) is 104 Å². The molecule has 0 radical (unpaired) electrons. The molecule has 1 aromatic carbocycles. The molecule has 1 saturated heterocycles. The number of anilines is 1. The van der Waals surface area contributed by atoms with Gasteiger partial charge in [0.1, 0.15) is 23.1 Å². The number of benzene rings is 1. The van der Waals surface area contributed by atoms with Crippen LogP contribution in [-0.4, -0.2) is 61.1 Å². The Hall–Kier alpha value is -4.41. The van der Waals surface area contributed by atoms with E-state index in [1.165, 1.54) is 22.8 Å². The summed E-state index contributed by atoms with van der Waals surface area (Å²) in [5.41, 5.74) is 0.357. The summed E-state index contributed by atoms with van der Waals surface area (Å²) >= 11 is 0. The Kier molecular flexibility index (Phi) is 7.46. The molecule has 1 aliphatic rings.